The molecular weight excluding hydrogens is 328 g/mol. The molecule has 8 heteroatoms. The SMILES string of the molecule is CC(=O)c1cc(CC(=O)N2CCC(n3cc(CO)nn3)CC2)cs1. The van der Waals surface area contributed by atoms with Crippen molar-refractivity contribution in [3.63, 3.8) is 0 Å². The quantitative estimate of drug-likeness (QED) is 0.826. The third-order valence-electron chi connectivity index (χ3n) is 4.27. The summed E-state index contributed by atoms with van der Waals surface area (Å²) in [6, 6.07) is 2.02. The van der Waals surface area contributed by atoms with Crippen molar-refractivity contribution in [3.05, 3.63) is 33.8 Å². The standard InChI is InChI=1S/C16H20N4O3S/c1-11(22)15-6-12(10-24-15)7-16(23)19-4-2-14(3-5-19)20-8-13(9-21)17-18-20/h6,8,10,14,21H,2-5,7,9H2,1H3. The van der Waals surface area contributed by atoms with E-state index in [2.05, 4.69) is 10.3 Å². The van der Waals surface area contributed by atoms with Gasteiger partial charge in [-0.1, -0.05) is 5.21 Å². The first-order valence-electron chi connectivity index (χ1n) is 7.94. The molecule has 1 aliphatic heterocycles. The molecule has 1 fully saturated rings. The molecule has 3 rings (SSSR count). The summed E-state index contributed by atoms with van der Waals surface area (Å²) >= 11 is 1.39. The molecule has 0 radical (unpaired) electrons. The van der Waals surface area contributed by atoms with Gasteiger partial charge in [0.2, 0.25) is 5.91 Å². The van der Waals surface area contributed by atoms with E-state index in [0.29, 0.717) is 30.1 Å². The molecule has 128 valence electrons. The molecule has 7 nitrogen and oxygen atoms in total. The molecule has 3 heterocycles. The van der Waals surface area contributed by atoms with Crippen LogP contribution in [0.15, 0.2) is 17.6 Å². The maximum Gasteiger partial charge on any atom is 0.227 e. The lowest BCUT2D eigenvalue weighted by atomic mass is 10.0. The minimum Gasteiger partial charge on any atom is -0.390 e. The van der Waals surface area contributed by atoms with Gasteiger partial charge in [0.05, 0.1) is 30.1 Å². The number of Topliss-reactive ketones (excluding diaryl/α,β-unsaturated/α-hetero) is 1. The maximum absolute atomic E-state index is 12.4. The lowest BCUT2D eigenvalue weighted by Gasteiger charge is -2.31. The van der Waals surface area contributed by atoms with Gasteiger partial charge in [-0.05, 0) is 36.8 Å². The number of aliphatic hydroxyl groups is 1. The van der Waals surface area contributed by atoms with Gasteiger partial charge in [0.15, 0.2) is 5.78 Å². The second kappa shape index (κ2) is 7.23. The van der Waals surface area contributed by atoms with Crippen molar-refractivity contribution < 1.29 is 14.7 Å². The van der Waals surface area contributed by atoms with Gasteiger partial charge < -0.3 is 10.0 Å². The Balaban J connectivity index is 1.53. The Hall–Kier alpha value is -2.06. The van der Waals surface area contributed by atoms with E-state index in [1.165, 1.54) is 18.3 Å². The van der Waals surface area contributed by atoms with Gasteiger partial charge in [0.1, 0.15) is 5.69 Å². The summed E-state index contributed by atoms with van der Waals surface area (Å²) in [6.07, 6.45) is 3.74. The highest BCUT2D eigenvalue weighted by molar-refractivity contribution is 7.12. The molecule has 24 heavy (non-hydrogen) atoms. The molecule has 0 spiro atoms. The Bertz CT molecular complexity index is 731. The van der Waals surface area contributed by atoms with Gasteiger partial charge in [-0.3, -0.25) is 9.59 Å². The lowest BCUT2D eigenvalue weighted by molar-refractivity contribution is -0.131. The van der Waals surface area contributed by atoms with Crippen LogP contribution in [0, 0.1) is 0 Å². The zero-order valence-corrected chi connectivity index (χ0v) is 14.3. The molecule has 1 amide bonds. The fourth-order valence-electron chi connectivity index (χ4n) is 2.88. The molecule has 0 bridgehead atoms. The molecule has 0 aliphatic carbocycles. The van der Waals surface area contributed by atoms with Crippen molar-refractivity contribution >= 4 is 23.0 Å². The predicted octanol–water partition coefficient (Wildman–Crippen LogP) is 1.44. The van der Waals surface area contributed by atoms with Gasteiger partial charge >= 0.3 is 0 Å². The number of hydrogen-bond donors (Lipinski definition) is 1. The summed E-state index contributed by atoms with van der Waals surface area (Å²) in [5.74, 6) is 0.130. The van der Waals surface area contributed by atoms with Gasteiger partial charge in [-0.2, -0.15) is 0 Å². The number of hydrogen-bond acceptors (Lipinski definition) is 6. The zero-order chi connectivity index (χ0) is 17.1. The first kappa shape index (κ1) is 16.8. The predicted molar refractivity (Wildman–Crippen MR) is 88.8 cm³/mol. The van der Waals surface area contributed by atoms with Crippen LogP contribution in [0.1, 0.15) is 46.7 Å². The van der Waals surface area contributed by atoms with Crippen LogP contribution in [-0.2, 0) is 17.8 Å². The van der Waals surface area contributed by atoms with Crippen LogP contribution in [-0.4, -0.2) is 49.8 Å². The number of aliphatic hydroxyl groups excluding tert-OH is 1. The Morgan fingerprint density at radius 2 is 2.12 bits per heavy atom. The van der Waals surface area contributed by atoms with E-state index < -0.39 is 0 Å². The van der Waals surface area contributed by atoms with Crippen molar-refractivity contribution in [3.8, 4) is 0 Å². The highest BCUT2D eigenvalue weighted by atomic mass is 32.1. The Morgan fingerprint density at radius 3 is 2.71 bits per heavy atom. The number of thiophene rings is 1. The third kappa shape index (κ3) is 3.70. The molecule has 1 N–H and O–H groups in total. The number of ketones is 1. The van der Waals surface area contributed by atoms with E-state index in [4.69, 9.17) is 5.11 Å². The molecule has 2 aromatic heterocycles. The van der Waals surface area contributed by atoms with Crippen molar-refractivity contribution in [2.24, 2.45) is 0 Å². The van der Waals surface area contributed by atoms with Crippen LogP contribution in [0.2, 0.25) is 0 Å². The van der Waals surface area contributed by atoms with Gasteiger partial charge in [0.25, 0.3) is 0 Å². The number of nitrogens with zero attached hydrogens (tertiary/aromatic N) is 4. The summed E-state index contributed by atoms with van der Waals surface area (Å²) in [5.41, 5.74) is 1.47. The summed E-state index contributed by atoms with van der Waals surface area (Å²) in [4.78, 5) is 26.3. The van der Waals surface area contributed by atoms with Crippen LogP contribution in [0.5, 0.6) is 0 Å². The number of carbonyl (C=O) groups excluding carboxylic acids is 2. The average molecular weight is 348 g/mol. The lowest BCUT2D eigenvalue weighted by Crippen LogP contribution is -2.39. The molecule has 0 atom stereocenters. The summed E-state index contributed by atoms with van der Waals surface area (Å²) in [7, 11) is 0. The Kier molecular flexibility index (Phi) is 5.06. The van der Waals surface area contributed by atoms with E-state index in [-0.39, 0.29) is 24.3 Å². The van der Waals surface area contributed by atoms with E-state index in [0.717, 1.165) is 18.4 Å². The van der Waals surface area contributed by atoms with E-state index in [9.17, 15) is 9.59 Å². The summed E-state index contributed by atoms with van der Waals surface area (Å²) in [6.45, 7) is 2.79. The van der Waals surface area contributed by atoms with Gasteiger partial charge in [-0.15, -0.1) is 16.4 Å². The number of carbonyl (C=O) groups is 2. The number of amides is 1. The first-order chi connectivity index (χ1) is 11.6. The van der Waals surface area contributed by atoms with Crippen molar-refractivity contribution in [2.45, 2.75) is 38.8 Å². The van der Waals surface area contributed by atoms with Crippen LogP contribution in [0.3, 0.4) is 0 Å². The fraction of sp³-hybridized carbons (Fsp3) is 0.500. The molecular formula is C16H20N4O3S. The second-order valence-electron chi connectivity index (χ2n) is 6.01. The molecule has 0 saturated carbocycles. The largest absolute Gasteiger partial charge is 0.390 e. The highest BCUT2D eigenvalue weighted by Gasteiger charge is 2.25. The first-order valence-corrected chi connectivity index (χ1v) is 8.82. The summed E-state index contributed by atoms with van der Waals surface area (Å²) in [5, 5.41) is 18.9. The number of likely N-dealkylation sites (tertiary alicyclic amines) is 1. The number of aromatic nitrogens is 3. The molecule has 1 aliphatic rings. The van der Waals surface area contributed by atoms with Gasteiger partial charge in [0, 0.05) is 13.1 Å². The van der Waals surface area contributed by atoms with Crippen LogP contribution < -0.4 is 0 Å². The monoisotopic (exact) mass is 348 g/mol. The fourth-order valence-corrected chi connectivity index (χ4v) is 3.70. The highest BCUT2D eigenvalue weighted by Crippen LogP contribution is 2.23. The van der Waals surface area contributed by atoms with Crippen LogP contribution >= 0.6 is 11.3 Å². The maximum atomic E-state index is 12.4. The van der Waals surface area contributed by atoms with Crippen LogP contribution in [0.4, 0.5) is 0 Å². The molecule has 0 unspecified atom stereocenters. The van der Waals surface area contributed by atoms with Crippen molar-refractivity contribution in [1.82, 2.24) is 19.9 Å². The smallest absolute Gasteiger partial charge is 0.227 e. The van der Waals surface area contributed by atoms with E-state index in [1.54, 1.807) is 10.9 Å². The van der Waals surface area contributed by atoms with Crippen LogP contribution in [0.25, 0.3) is 0 Å². The average Bonchev–Trinajstić information content (AvgIpc) is 3.24. The van der Waals surface area contributed by atoms with Crippen molar-refractivity contribution in [2.75, 3.05) is 13.1 Å². The molecule has 0 aromatic carbocycles. The number of rotatable bonds is 5. The Labute approximate surface area is 143 Å². The van der Waals surface area contributed by atoms with Gasteiger partial charge in [-0.25, -0.2) is 4.68 Å². The Morgan fingerprint density at radius 1 is 1.38 bits per heavy atom. The second-order valence-corrected chi connectivity index (χ2v) is 6.92. The minimum atomic E-state index is -0.111. The molecule has 1 saturated heterocycles. The van der Waals surface area contributed by atoms with E-state index in [1.807, 2.05) is 16.3 Å². The number of piperidine rings is 1. The van der Waals surface area contributed by atoms with Crippen molar-refractivity contribution in [1.29, 1.82) is 0 Å². The third-order valence-corrected chi connectivity index (χ3v) is 5.35. The topological polar surface area (TPSA) is 88.3 Å². The van der Waals surface area contributed by atoms with E-state index >= 15 is 0 Å². The summed E-state index contributed by atoms with van der Waals surface area (Å²) < 4.78 is 1.78. The minimum absolute atomic E-state index is 0.0367. The molecule has 2 aromatic rings. The zero-order valence-electron chi connectivity index (χ0n) is 13.5. The normalized spacial score (nSPS) is 15.7.